The Hall–Kier alpha value is -2.69. The van der Waals surface area contributed by atoms with Gasteiger partial charge in [-0.2, -0.15) is 0 Å². The maximum absolute atomic E-state index is 13.6. The van der Waals surface area contributed by atoms with Crippen LogP contribution in [-0.2, 0) is 16.0 Å². The maximum Gasteiger partial charge on any atom is 0.227 e. The van der Waals surface area contributed by atoms with Crippen LogP contribution in [-0.4, -0.2) is 29.8 Å². The second-order valence-corrected chi connectivity index (χ2v) is 6.61. The van der Waals surface area contributed by atoms with Crippen LogP contribution >= 0.6 is 0 Å². The number of carbonyl (C=O) groups excluding carboxylic acids is 2. The zero-order valence-corrected chi connectivity index (χ0v) is 14.7. The van der Waals surface area contributed by atoms with E-state index in [2.05, 4.69) is 5.32 Å². The third-order valence-electron chi connectivity index (χ3n) is 4.82. The summed E-state index contributed by atoms with van der Waals surface area (Å²) in [4.78, 5) is 26.5. The summed E-state index contributed by atoms with van der Waals surface area (Å²) in [6.07, 6.45) is 2.43. The summed E-state index contributed by atoms with van der Waals surface area (Å²) in [7, 11) is 0. The van der Waals surface area contributed by atoms with Gasteiger partial charge in [-0.1, -0.05) is 42.5 Å². The van der Waals surface area contributed by atoms with Crippen molar-refractivity contribution in [2.75, 3.05) is 18.4 Å². The van der Waals surface area contributed by atoms with Crippen LogP contribution in [0.1, 0.15) is 24.8 Å². The molecule has 1 saturated heterocycles. The van der Waals surface area contributed by atoms with E-state index in [4.69, 9.17) is 0 Å². The minimum absolute atomic E-state index is 0.127. The number of rotatable bonds is 5. The molecule has 2 aromatic carbocycles. The van der Waals surface area contributed by atoms with Gasteiger partial charge in [0.25, 0.3) is 0 Å². The first-order valence-corrected chi connectivity index (χ1v) is 9.00. The van der Waals surface area contributed by atoms with Gasteiger partial charge >= 0.3 is 0 Å². The molecule has 4 nitrogen and oxygen atoms in total. The molecule has 1 heterocycles. The molecule has 5 heteroatoms. The highest BCUT2D eigenvalue weighted by Crippen LogP contribution is 2.21. The first-order chi connectivity index (χ1) is 12.6. The van der Waals surface area contributed by atoms with Crippen LogP contribution < -0.4 is 5.32 Å². The van der Waals surface area contributed by atoms with Crippen molar-refractivity contribution in [3.05, 3.63) is 66.0 Å². The van der Waals surface area contributed by atoms with Crippen LogP contribution in [0.3, 0.4) is 0 Å². The fourth-order valence-electron chi connectivity index (χ4n) is 3.24. The molecule has 2 amide bonds. The van der Waals surface area contributed by atoms with E-state index in [9.17, 15) is 14.0 Å². The number of para-hydroxylation sites is 1. The molecule has 0 saturated carbocycles. The number of amides is 2. The molecule has 0 aliphatic carbocycles. The van der Waals surface area contributed by atoms with Gasteiger partial charge in [-0.25, -0.2) is 4.39 Å². The predicted octanol–water partition coefficient (Wildman–Crippen LogP) is 3.64. The normalized spacial score (nSPS) is 14.9. The first-order valence-electron chi connectivity index (χ1n) is 9.00. The van der Waals surface area contributed by atoms with E-state index in [1.54, 1.807) is 18.2 Å². The predicted molar refractivity (Wildman–Crippen MR) is 99.1 cm³/mol. The maximum atomic E-state index is 13.6. The second-order valence-electron chi connectivity index (χ2n) is 6.61. The number of carbonyl (C=O) groups is 2. The van der Waals surface area contributed by atoms with Gasteiger partial charge < -0.3 is 10.2 Å². The molecular weight excluding hydrogens is 331 g/mol. The lowest BCUT2D eigenvalue weighted by Crippen LogP contribution is -2.41. The molecule has 1 aliphatic heterocycles. The summed E-state index contributed by atoms with van der Waals surface area (Å²) < 4.78 is 13.6. The second kappa shape index (κ2) is 8.61. The van der Waals surface area contributed by atoms with Gasteiger partial charge in [0.1, 0.15) is 5.82 Å². The van der Waals surface area contributed by atoms with Gasteiger partial charge in [0.15, 0.2) is 0 Å². The Morgan fingerprint density at radius 2 is 1.65 bits per heavy atom. The van der Waals surface area contributed by atoms with Crippen LogP contribution in [0.15, 0.2) is 54.6 Å². The smallest absolute Gasteiger partial charge is 0.227 e. The average molecular weight is 354 g/mol. The van der Waals surface area contributed by atoms with E-state index in [1.165, 1.54) is 6.07 Å². The number of nitrogens with one attached hydrogen (secondary N) is 1. The summed E-state index contributed by atoms with van der Waals surface area (Å²) in [5, 5.41) is 2.65. The highest BCUT2D eigenvalue weighted by molar-refractivity contribution is 5.92. The number of nitrogens with zero attached hydrogens (tertiary/aromatic N) is 1. The molecule has 136 valence electrons. The summed E-state index contributed by atoms with van der Waals surface area (Å²) in [6, 6.07) is 16.1. The topological polar surface area (TPSA) is 49.4 Å². The van der Waals surface area contributed by atoms with Crippen LogP contribution in [0.5, 0.6) is 0 Å². The number of hydrogen-bond donors (Lipinski definition) is 1. The first kappa shape index (κ1) is 18.1. The highest BCUT2D eigenvalue weighted by atomic mass is 19.1. The van der Waals surface area contributed by atoms with Gasteiger partial charge in [-0.3, -0.25) is 9.59 Å². The van der Waals surface area contributed by atoms with Gasteiger partial charge in [-0.05, 0) is 37.0 Å². The van der Waals surface area contributed by atoms with Crippen molar-refractivity contribution in [1.29, 1.82) is 0 Å². The van der Waals surface area contributed by atoms with Gasteiger partial charge in [0.05, 0.1) is 5.69 Å². The summed E-state index contributed by atoms with van der Waals surface area (Å²) in [5.74, 6) is -0.671. The minimum Gasteiger partial charge on any atom is -0.343 e. The van der Waals surface area contributed by atoms with E-state index < -0.39 is 5.82 Å². The fraction of sp³-hybridized carbons (Fsp3) is 0.333. The largest absolute Gasteiger partial charge is 0.343 e. The molecule has 1 fully saturated rings. The van der Waals surface area contributed by atoms with Crippen LogP contribution in [0.25, 0.3) is 0 Å². The third-order valence-corrected chi connectivity index (χ3v) is 4.82. The Kier molecular flexibility index (Phi) is 6.00. The van der Waals surface area contributed by atoms with Crippen LogP contribution in [0, 0.1) is 11.7 Å². The quantitative estimate of drug-likeness (QED) is 0.891. The SMILES string of the molecule is O=C(Nc1ccccc1F)C1CCN(C(=O)CCc2ccccc2)CC1. The Morgan fingerprint density at radius 3 is 2.35 bits per heavy atom. The molecule has 0 spiro atoms. The Morgan fingerprint density at radius 1 is 1.00 bits per heavy atom. The zero-order chi connectivity index (χ0) is 18.4. The highest BCUT2D eigenvalue weighted by Gasteiger charge is 2.27. The molecule has 0 atom stereocenters. The molecule has 0 bridgehead atoms. The number of likely N-dealkylation sites (tertiary alicyclic amines) is 1. The van der Waals surface area contributed by atoms with Crippen molar-refractivity contribution in [2.45, 2.75) is 25.7 Å². The summed E-state index contributed by atoms with van der Waals surface area (Å²) in [6.45, 7) is 1.14. The molecular formula is C21H23FN2O2. The Labute approximate surface area is 153 Å². The van der Waals surface area contributed by atoms with Crippen LogP contribution in [0.4, 0.5) is 10.1 Å². The minimum atomic E-state index is -0.436. The third kappa shape index (κ3) is 4.69. The molecule has 26 heavy (non-hydrogen) atoms. The van der Waals surface area contributed by atoms with E-state index in [0.717, 1.165) is 12.0 Å². The molecule has 2 aromatic rings. The van der Waals surface area contributed by atoms with E-state index in [0.29, 0.717) is 32.4 Å². The average Bonchev–Trinajstić information content (AvgIpc) is 2.69. The zero-order valence-electron chi connectivity index (χ0n) is 14.7. The number of anilines is 1. The van der Waals surface area contributed by atoms with E-state index in [-0.39, 0.29) is 23.4 Å². The Balaban J connectivity index is 1.45. The van der Waals surface area contributed by atoms with E-state index >= 15 is 0 Å². The molecule has 1 aliphatic rings. The summed E-state index contributed by atoms with van der Waals surface area (Å²) >= 11 is 0. The van der Waals surface area contributed by atoms with Crippen molar-refractivity contribution in [3.63, 3.8) is 0 Å². The molecule has 0 aromatic heterocycles. The van der Waals surface area contributed by atoms with Gasteiger partial charge in [0.2, 0.25) is 11.8 Å². The van der Waals surface area contributed by atoms with Crippen molar-refractivity contribution in [3.8, 4) is 0 Å². The number of hydrogen-bond acceptors (Lipinski definition) is 2. The van der Waals surface area contributed by atoms with Crippen molar-refractivity contribution in [1.82, 2.24) is 4.90 Å². The number of benzene rings is 2. The fourth-order valence-corrected chi connectivity index (χ4v) is 3.24. The number of aryl methyl sites for hydroxylation is 1. The van der Waals surface area contributed by atoms with Crippen molar-refractivity contribution < 1.29 is 14.0 Å². The van der Waals surface area contributed by atoms with Gasteiger partial charge in [-0.15, -0.1) is 0 Å². The number of halogens is 1. The van der Waals surface area contributed by atoms with Gasteiger partial charge in [0, 0.05) is 25.4 Å². The molecule has 0 unspecified atom stereocenters. The van der Waals surface area contributed by atoms with E-state index in [1.807, 2.05) is 35.2 Å². The summed E-state index contributed by atoms with van der Waals surface area (Å²) in [5.41, 5.74) is 1.36. The van der Waals surface area contributed by atoms with Crippen molar-refractivity contribution >= 4 is 17.5 Å². The molecule has 1 N–H and O–H groups in total. The Bertz CT molecular complexity index is 756. The lowest BCUT2D eigenvalue weighted by Gasteiger charge is -2.31. The molecule has 3 rings (SSSR count). The van der Waals surface area contributed by atoms with Crippen molar-refractivity contribution in [2.24, 2.45) is 5.92 Å². The molecule has 0 radical (unpaired) electrons. The van der Waals surface area contributed by atoms with Crippen LogP contribution in [0.2, 0.25) is 0 Å². The number of piperidine rings is 1. The lowest BCUT2D eigenvalue weighted by atomic mass is 9.95. The lowest BCUT2D eigenvalue weighted by molar-refractivity contribution is -0.134. The standard InChI is InChI=1S/C21H23FN2O2/c22-18-8-4-5-9-19(18)23-21(26)17-12-14-24(15-13-17)20(25)11-10-16-6-2-1-3-7-16/h1-9,17H,10-15H2,(H,23,26). The monoisotopic (exact) mass is 354 g/mol.